The number of likely N-dealkylation sites (tertiary alicyclic amines) is 1. The third-order valence-electron chi connectivity index (χ3n) is 4.19. The Morgan fingerprint density at radius 3 is 3.17 bits per heavy atom. The third-order valence-corrected chi connectivity index (χ3v) is 4.19. The molecular formula is C16H24N4O3. The second-order valence-corrected chi connectivity index (χ2v) is 6.01. The van der Waals surface area contributed by atoms with Crippen LogP contribution >= 0.6 is 0 Å². The number of rotatable bonds is 8. The van der Waals surface area contributed by atoms with Crippen LogP contribution < -0.4 is 0 Å². The predicted octanol–water partition coefficient (Wildman–Crippen LogP) is 1.30. The van der Waals surface area contributed by atoms with Gasteiger partial charge in [-0.3, -0.25) is 9.58 Å². The molecule has 0 radical (unpaired) electrons. The summed E-state index contributed by atoms with van der Waals surface area (Å²) in [4.78, 5) is 6.33. The standard InChI is InChI=1S/C16H24N4O3/c21-15(10-22-11-16-5-3-7-23-16)9-19-6-2-1-4-14(19)8-20-13-17-12-18-20/h3,5,7,12-15,21H,1-2,4,6,8-11H2. The summed E-state index contributed by atoms with van der Waals surface area (Å²) in [6.07, 6.45) is 7.95. The summed E-state index contributed by atoms with van der Waals surface area (Å²) in [6, 6.07) is 4.09. The highest BCUT2D eigenvalue weighted by Crippen LogP contribution is 2.18. The maximum Gasteiger partial charge on any atom is 0.137 e. The van der Waals surface area contributed by atoms with E-state index in [0.717, 1.165) is 25.3 Å². The van der Waals surface area contributed by atoms with Gasteiger partial charge in [-0.05, 0) is 31.5 Å². The van der Waals surface area contributed by atoms with Crippen molar-refractivity contribution in [3.05, 3.63) is 36.8 Å². The highest BCUT2D eigenvalue weighted by atomic mass is 16.5. The SMILES string of the molecule is OC(COCc1ccco1)CN1CCCCC1Cn1cncn1. The molecule has 7 heteroatoms. The van der Waals surface area contributed by atoms with Crippen LogP contribution in [0.2, 0.25) is 0 Å². The number of hydrogen-bond donors (Lipinski definition) is 1. The van der Waals surface area contributed by atoms with Crippen molar-refractivity contribution in [2.45, 2.75) is 44.6 Å². The maximum absolute atomic E-state index is 10.2. The molecule has 0 aromatic carbocycles. The quantitative estimate of drug-likeness (QED) is 0.790. The Labute approximate surface area is 135 Å². The summed E-state index contributed by atoms with van der Waals surface area (Å²) < 4.78 is 12.6. The minimum Gasteiger partial charge on any atom is -0.467 e. The molecule has 2 aromatic rings. The fourth-order valence-corrected chi connectivity index (χ4v) is 3.06. The van der Waals surface area contributed by atoms with Gasteiger partial charge in [0.2, 0.25) is 0 Å². The van der Waals surface area contributed by atoms with E-state index < -0.39 is 6.10 Å². The molecule has 0 spiro atoms. The molecule has 126 valence electrons. The van der Waals surface area contributed by atoms with E-state index in [4.69, 9.17) is 9.15 Å². The first-order valence-corrected chi connectivity index (χ1v) is 8.16. The molecule has 2 unspecified atom stereocenters. The van der Waals surface area contributed by atoms with E-state index in [2.05, 4.69) is 15.0 Å². The first kappa shape index (κ1) is 16.2. The average Bonchev–Trinajstić information content (AvgIpc) is 3.23. The van der Waals surface area contributed by atoms with Crippen molar-refractivity contribution in [2.75, 3.05) is 19.7 Å². The van der Waals surface area contributed by atoms with Crippen molar-refractivity contribution in [1.82, 2.24) is 19.7 Å². The van der Waals surface area contributed by atoms with Crippen molar-refractivity contribution >= 4 is 0 Å². The minimum atomic E-state index is -0.499. The van der Waals surface area contributed by atoms with Crippen LogP contribution in [0.25, 0.3) is 0 Å². The van der Waals surface area contributed by atoms with Gasteiger partial charge in [0.15, 0.2) is 0 Å². The lowest BCUT2D eigenvalue weighted by Crippen LogP contribution is -2.46. The monoisotopic (exact) mass is 320 g/mol. The van der Waals surface area contributed by atoms with Crippen molar-refractivity contribution < 1.29 is 14.3 Å². The molecule has 2 atom stereocenters. The second-order valence-electron chi connectivity index (χ2n) is 6.01. The predicted molar refractivity (Wildman–Crippen MR) is 83.6 cm³/mol. The molecule has 1 aliphatic rings. The molecule has 1 aliphatic heterocycles. The van der Waals surface area contributed by atoms with Crippen molar-refractivity contribution in [3.63, 3.8) is 0 Å². The third kappa shape index (κ3) is 4.89. The highest BCUT2D eigenvalue weighted by molar-refractivity contribution is 4.96. The normalized spacial score (nSPS) is 20.7. The Bertz CT molecular complexity index is 544. The number of furan rings is 1. The molecule has 1 N–H and O–H groups in total. The van der Waals surface area contributed by atoms with Gasteiger partial charge >= 0.3 is 0 Å². The van der Waals surface area contributed by atoms with Crippen LogP contribution in [-0.2, 0) is 17.9 Å². The van der Waals surface area contributed by atoms with E-state index in [-0.39, 0.29) is 0 Å². The van der Waals surface area contributed by atoms with Crippen molar-refractivity contribution in [3.8, 4) is 0 Å². The Kier molecular flexibility index (Phi) is 5.79. The van der Waals surface area contributed by atoms with E-state index >= 15 is 0 Å². The number of β-amino-alcohol motifs (C(OH)–C–C–N with tert-alkyl or cyclic N) is 1. The zero-order valence-electron chi connectivity index (χ0n) is 13.3. The van der Waals surface area contributed by atoms with E-state index in [1.165, 1.54) is 12.8 Å². The molecule has 7 nitrogen and oxygen atoms in total. The van der Waals surface area contributed by atoms with E-state index in [1.54, 1.807) is 18.9 Å². The topological polar surface area (TPSA) is 76.6 Å². The summed E-state index contributed by atoms with van der Waals surface area (Å²) in [7, 11) is 0. The van der Waals surface area contributed by atoms with Crippen LogP contribution in [0.4, 0.5) is 0 Å². The molecule has 3 rings (SSSR count). The summed E-state index contributed by atoms with van der Waals surface area (Å²) in [6.45, 7) is 3.16. The van der Waals surface area contributed by atoms with Crippen molar-refractivity contribution in [2.24, 2.45) is 0 Å². The fraction of sp³-hybridized carbons (Fsp3) is 0.625. The van der Waals surface area contributed by atoms with Gasteiger partial charge in [-0.1, -0.05) is 6.42 Å². The molecule has 0 saturated carbocycles. The van der Waals surface area contributed by atoms with E-state index in [0.29, 0.717) is 25.8 Å². The van der Waals surface area contributed by atoms with Crippen LogP contribution in [0.1, 0.15) is 25.0 Å². The molecule has 2 aromatic heterocycles. The maximum atomic E-state index is 10.2. The first-order chi connectivity index (χ1) is 11.3. The van der Waals surface area contributed by atoms with Gasteiger partial charge in [-0.25, -0.2) is 4.98 Å². The largest absolute Gasteiger partial charge is 0.467 e. The van der Waals surface area contributed by atoms with Crippen LogP contribution in [0.15, 0.2) is 35.5 Å². The Morgan fingerprint density at radius 1 is 1.43 bits per heavy atom. The van der Waals surface area contributed by atoms with Gasteiger partial charge in [0.05, 0.1) is 25.5 Å². The summed E-state index contributed by atoms with van der Waals surface area (Å²) >= 11 is 0. The van der Waals surface area contributed by atoms with Gasteiger partial charge < -0.3 is 14.3 Å². The van der Waals surface area contributed by atoms with Crippen molar-refractivity contribution in [1.29, 1.82) is 0 Å². The summed E-state index contributed by atoms with van der Waals surface area (Å²) in [5.41, 5.74) is 0. The highest BCUT2D eigenvalue weighted by Gasteiger charge is 2.25. The molecule has 23 heavy (non-hydrogen) atoms. The van der Waals surface area contributed by atoms with Gasteiger partial charge in [-0.2, -0.15) is 5.10 Å². The average molecular weight is 320 g/mol. The Hall–Kier alpha value is -1.70. The molecule has 3 heterocycles. The zero-order chi connectivity index (χ0) is 15.9. The Morgan fingerprint density at radius 2 is 2.39 bits per heavy atom. The summed E-state index contributed by atoms with van der Waals surface area (Å²) in [5, 5.41) is 14.4. The van der Waals surface area contributed by atoms with E-state index in [9.17, 15) is 5.11 Å². The number of hydrogen-bond acceptors (Lipinski definition) is 6. The van der Waals surface area contributed by atoms with Gasteiger partial charge in [-0.15, -0.1) is 0 Å². The minimum absolute atomic E-state index is 0.313. The number of piperidine rings is 1. The van der Waals surface area contributed by atoms with Gasteiger partial charge in [0, 0.05) is 12.6 Å². The van der Waals surface area contributed by atoms with Crippen LogP contribution in [0, 0.1) is 0 Å². The number of aliphatic hydroxyl groups excluding tert-OH is 1. The molecule has 0 bridgehead atoms. The molecule has 1 fully saturated rings. The lowest BCUT2D eigenvalue weighted by molar-refractivity contribution is -0.00929. The lowest BCUT2D eigenvalue weighted by Gasteiger charge is -2.36. The van der Waals surface area contributed by atoms with Crippen LogP contribution in [-0.4, -0.2) is 56.6 Å². The van der Waals surface area contributed by atoms with Crippen LogP contribution in [0.5, 0.6) is 0 Å². The number of aliphatic hydroxyl groups is 1. The lowest BCUT2D eigenvalue weighted by atomic mass is 10.0. The smallest absolute Gasteiger partial charge is 0.137 e. The van der Waals surface area contributed by atoms with Crippen LogP contribution in [0.3, 0.4) is 0 Å². The number of nitrogens with zero attached hydrogens (tertiary/aromatic N) is 4. The zero-order valence-corrected chi connectivity index (χ0v) is 13.3. The molecular weight excluding hydrogens is 296 g/mol. The second kappa shape index (κ2) is 8.24. The molecule has 1 saturated heterocycles. The van der Waals surface area contributed by atoms with Gasteiger partial charge in [0.1, 0.15) is 25.0 Å². The summed E-state index contributed by atoms with van der Waals surface area (Å²) in [5.74, 6) is 0.777. The number of aromatic nitrogens is 3. The number of ether oxygens (including phenoxy) is 1. The molecule has 0 aliphatic carbocycles. The van der Waals surface area contributed by atoms with E-state index in [1.807, 2.05) is 16.8 Å². The first-order valence-electron chi connectivity index (χ1n) is 8.16. The Balaban J connectivity index is 1.44. The fourth-order valence-electron chi connectivity index (χ4n) is 3.06. The van der Waals surface area contributed by atoms with Gasteiger partial charge in [0.25, 0.3) is 0 Å². The molecule has 0 amide bonds.